The van der Waals surface area contributed by atoms with E-state index in [0.717, 1.165) is 23.1 Å². The summed E-state index contributed by atoms with van der Waals surface area (Å²) in [5.74, 6) is -3.92. The molecule has 2 atom stereocenters. The number of methoxy groups -OCH3 is 1. The SMILES string of the molecule is COc1ccc(CN(C(=O)c2c(O)c(Br)cc([N+](=O)[O-])c2F)C(c2cc(F)ccc2Cl)C(O)NC(C)(C)C)cc1. The number of aliphatic hydroxyl groups excluding tert-OH is 1. The number of nitrogens with one attached hydrogen (secondary N) is 1. The highest BCUT2D eigenvalue weighted by molar-refractivity contribution is 9.10. The summed E-state index contributed by atoms with van der Waals surface area (Å²) in [6.07, 6.45) is -1.60. The van der Waals surface area contributed by atoms with E-state index in [4.69, 9.17) is 16.3 Å². The van der Waals surface area contributed by atoms with Crippen molar-refractivity contribution >= 4 is 39.1 Å². The smallest absolute Gasteiger partial charge is 0.307 e. The Labute approximate surface area is 242 Å². The summed E-state index contributed by atoms with van der Waals surface area (Å²) >= 11 is 9.35. The van der Waals surface area contributed by atoms with Crippen LogP contribution < -0.4 is 10.1 Å². The minimum absolute atomic E-state index is 0.0152. The predicted molar refractivity (Wildman–Crippen MR) is 148 cm³/mol. The molecule has 0 aliphatic carbocycles. The third-order valence-electron chi connectivity index (χ3n) is 5.85. The highest BCUT2D eigenvalue weighted by atomic mass is 79.9. The maximum absolute atomic E-state index is 15.4. The van der Waals surface area contributed by atoms with Crippen LogP contribution in [0.15, 0.2) is 53.0 Å². The van der Waals surface area contributed by atoms with E-state index in [2.05, 4.69) is 21.2 Å². The van der Waals surface area contributed by atoms with Crippen LogP contribution in [0.25, 0.3) is 0 Å². The summed E-state index contributed by atoms with van der Waals surface area (Å²) in [6.45, 7) is 4.89. The number of aliphatic hydroxyl groups is 1. The number of aromatic hydroxyl groups is 1. The average molecular weight is 643 g/mol. The first kappa shape index (κ1) is 31.2. The first-order chi connectivity index (χ1) is 18.6. The normalized spacial score (nSPS) is 13.0. The number of halogens is 4. The highest BCUT2D eigenvalue weighted by Gasteiger charge is 2.39. The largest absolute Gasteiger partial charge is 0.506 e. The average Bonchev–Trinajstić information content (AvgIpc) is 2.87. The Morgan fingerprint density at radius 1 is 1.20 bits per heavy atom. The molecular formula is C27H27BrClF2N3O6. The molecule has 1 amide bonds. The molecule has 0 radical (unpaired) electrons. The molecule has 214 valence electrons. The third-order valence-corrected chi connectivity index (χ3v) is 6.80. The fourth-order valence-electron chi connectivity index (χ4n) is 4.07. The molecule has 0 aliphatic heterocycles. The lowest BCUT2D eigenvalue weighted by molar-refractivity contribution is -0.387. The summed E-state index contributed by atoms with van der Waals surface area (Å²) in [6, 6.07) is 9.03. The van der Waals surface area contributed by atoms with E-state index in [9.17, 15) is 29.5 Å². The summed E-state index contributed by atoms with van der Waals surface area (Å²) in [5, 5.41) is 36.5. The molecule has 3 rings (SSSR count). The first-order valence-electron chi connectivity index (χ1n) is 11.8. The van der Waals surface area contributed by atoms with E-state index in [1.165, 1.54) is 13.2 Å². The zero-order valence-corrected chi connectivity index (χ0v) is 24.3. The Balaban J connectivity index is 2.31. The molecule has 0 saturated carbocycles. The number of phenols is 1. The fourth-order valence-corrected chi connectivity index (χ4v) is 4.72. The molecular weight excluding hydrogens is 616 g/mol. The quantitative estimate of drug-likeness (QED) is 0.147. The summed E-state index contributed by atoms with van der Waals surface area (Å²) < 4.78 is 34.8. The van der Waals surface area contributed by atoms with Crippen molar-refractivity contribution in [3.05, 3.63) is 96.5 Å². The lowest BCUT2D eigenvalue weighted by atomic mass is 9.98. The Morgan fingerprint density at radius 2 is 1.82 bits per heavy atom. The molecule has 0 heterocycles. The third kappa shape index (κ3) is 7.05. The number of phenolic OH excluding ortho intramolecular Hbond substituents is 1. The van der Waals surface area contributed by atoms with Crippen LogP contribution in [0.2, 0.25) is 5.02 Å². The lowest BCUT2D eigenvalue weighted by Gasteiger charge is -2.39. The van der Waals surface area contributed by atoms with Gasteiger partial charge in [-0.05, 0) is 72.6 Å². The monoisotopic (exact) mass is 641 g/mol. The molecule has 13 heteroatoms. The molecule has 9 nitrogen and oxygen atoms in total. The molecule has 40 heavy (non-hydrogen) atoms. The zero-order valence-electron chi connectivity index (χ0n) is 21.9. The molecule has 0 aromatic heterocycles. The van der Waals surface area contributed by atoms with E-state index >= 15 is 4.39 Å². The second-order valence-corrected chi connectivity index (χ2v) is 11.2. The van der Waals surface area contributed by atoms with Gasteiger partial charge in [-0.3, -0.25) is 20.2 Å². The molecule has 3 aromatic carbocycles. The van der Waals surface area contributed by atoms with Crippen molar-refractivity contribution in [3.63, 3.8) is 0 Å². The van der Waals surface area contributed by atoms with Gasteiger partial charge in [-0.1, -0.05) is 23.7 Å². The molecule has 0 bridgehead atoms. The number of ether oxygens (including phenoxy) is 1. The van der Waals surface area contributed by atoms with E-state index in [-0.39, 0.29) is 21.6 Å². The van der Waals surface area contributed by atoms with Gasteiger partial charge in [0.05, 0.1) is 22.5 Å². The summed E-state index contributed by atoms with van der Waals surface area (Å²) in [4.78, 5) is 25.5. The van der Waals surface area contributed by atoms with Crippen molar-refractivity contribution in [2.24, 2.45) is 0 Å². The van der Waals surface area contributed by atoms with E-state index in [1.54, 1.807) is 45.0 Å². The van der Waals surface area contributed by atoms with Crippen LogP contribution in [0.4, 0.5) is 14.5 Å². The van der Waals surface area contributed by atoms with Crippen LogP contribution in [0.5, 0.6) is 11.5 Å². The molecule has 0 aliphatic rings. The number of carbonyl (C=O) groups is 1. The van der Waals surface area contributed by atoms with Gasteiger partial charge in [0.1, 0.15) is 29.1 Å². The highest BCUT2D eigenvalue weighted by Crippen LogP contribution is 2.40. The molecule has 0 fully saturated rings. The molecule has 0 spiro atoms. The number of nitro benzene ring substituents is 1. The maximum atomic E-state index is 15.4. The van der Waals surface area contributed by atoms with Crippen LogP contribution in [0.1, 0.15) is 48.3 Å². The minimum Gasteiger partial charge on any atom is -0.506 e. The molecule has 3 aromatic rings. The molecule has 2 unspecified atom stereocenters. The minimum atomic E-state index is -1.60. The van der Waals surface area contributed by atoms with Crippen molar-refractivity contribution in [2.45, 2.75) is 45.1 Å². The van der Waals surface area contributed by atoms with Gasteiger partial charge in [0.15, 0.2) is 0 Å². The second-order valence-electron chi connectivity index (χ2n) is 9.90. The number of benzene rings is 3. The fraction of sp³-hybridized carbons (Fsp3) is 0.296. The van der Waals surface area contributed by atoms with Crippen molar-refractivity contribution in [1.29, 1.82) is 0 Å². The van der Waals surface area contributed by atoms with Gasteiger partial charge in [-0.2, -0.15) is 4.39 Å². The van der Waals surface area contributed by atoms with Gasteiger partial charge < -0.3 is 19.8 Å². The van der Waals surface area contributed by atoms with Gasteiger partial charge >= 0.3 is 5.69 Å². The Kier molecular flexibility index (Phi) is 9.72. The Morgan fingerprint density at radius 3 is 2.38 bits per heavy atom. The number of hydrogen-bond donors (Lipinski definition) is 3. The van der Waals surface area contributed by atoms with Crippen molar-refractivity contribution in [2.75, 3.05) is 7.11 Å². The number of hydrogen-bond acceptors (Lipinski definition) is 7. The zero-order chi connectivity index (χ0) is 29.9. The van der Waals surface area contributed by atoms with Gasteiger partial charge in [-0.25, -0.2) is 4.39 Å². The van der Waals surface area contributed by atoms with Gasteiger partial charge in [0.2, 0.25) is 5.82 Å². The van der Waals surface area contributed by atoms with Crippen LogP contribution in [0, 0.1) is 21.7 Å². The van der Waals surface area contributed by atoms with Crippen molar-refractivity contribution < 1.29 is 33.4 Å². The van der Waals surface area contributed by atoms with Crippen LogP contribution in [-0.4, -0.2) is 44.8 Å². The molecule has 0 saturated heterocycles. The number of nitrogens with zero attached hydrogens (tertiary/aromatic N) is 2. The summed E-state index contributed by atoms with van der Waals surface area (Å²) in [7, 11) is 1.47. The number of nitro groups is 1. The predicted octanol–water partition coefficient (Wildman–Crippen LogP) is 6.09. The molecule has 3 N–H and O–H groups in total. The number of carbonyl (C=O) groups excluding carboxylic acids is 1. The van der Waals surface area contributed by atoms with Gasteiger partial charge in [-0.15, -0.1) is 0 Å². The second kappa shape index (κ2) is 12.5. The Bertz CT molecular complexity index is 1420. The van der Waals surface area contributed by atoms with Crippen molar-refractivity contribution in [3.8, 4) is 11.5 Å². The van der Waals surface area contributed by atoms with Gasteiger partial charge in [0, 0.05) is 28.7 Å². The van der Waals surface area contributed by atoms with Crippen LogP contribution >= 0.6 is 27.5 Å². The van der Waals surface area contributed by atoms with E-state index in [0.29, 0.717) is 11.3 Å². The van der Waals surface area contributed by atoms with Crippen LogP contribution in [-0.2, 0) is 6.54 Å². The summed E-state index contributed by atoms with van der Waals surface area (Å²) in [5.41, 5.74) is -2.37. The topological polar surface area (TPSA) is 125 Å². The lowest BCUT2D eigenvalue weighted by Crippen LogP contribution is -2.52. The van der Waals surface area contributed by atoms with E-state index < -0.39 is 57.3 Å². The Hall–Kier alpha value is -3.32. The maximum Gasteiger partial charge on any atom is 0.307 e. The number of rotatable bonds is 9. The number of amides is 1. The van der Waals surface area contributed by atoms with Gasteiger partial charge in [0.25, 0.3) is 5.91 Å². The standard InChI is InChI=1S/C27H27BrClF2N3O6/c1-27(2,3)32-25(36)23(17-11-15(30)7-10-19(17)29)33(13-14-5-8-16(40-4)9-6-14)26(37)21-22(31)20(34(38)39)12-18(28)24(21)35/h5-12,23,25,32,35-36H,13H2,1-4H3. The van der Waals surface area contributed by atoms with Crippen molar-refractivity contribution in [1.82, 2.24) is 10.2 Å². The van der Waals surface area contributed by atoms with E-state index in [1.807, 2.05) is 0 Å². The first-order valence-corrected chi connectivity index (χ1v) is 13.0. The van der Waals surface area contributed by atoms with Crippen LogP contribution in [0.3, 0.4) is 0 Å².